The summed E-state index contributed by atoms with van der Waals surface area (Å²) in [5.41, 5.74) is 1.33. The number of para-hydroxylation sites is 1. The molecule has 1 unspecified atom stereocenters. The smallest absolute Gasteiger partial charge is 0.231 e. The van der Waals surface area contributed by atoms with Gasteiger partial charge in [-0.05, 0) is 24.3 Å². The van der Waals surface area contributed by atoms with Crippen molar-refractivity contribution >= 4 is 21.8 Å². The van der Waals surface area contributed by atoms with Crippen molar-refractivity contribution in [3.05, 3.63) is 63.9 Å². The zero-order valence-electron chi connectivity index (χ0n) is 11.1. The first-order valence-electron chi connectivity index (χ1n) is 6.58. The molecule has 0 radical (unpaired) electrons. The molecule has 3 rings (SSSR count). The second kappa shape index (κ2) is 5.85. The summed E-state index contributed by atoms with van der Waals surface area (Å²) in [4.78, 5) is 12.3. The molecule has 0 spiro atoms. The Morgan fingerprint density at radius 3 is 3.00 bits per heavy atom. The molecule has 0 saturated carbocycles. The van der Waals surface area contributed by atoms with Gasteiger partial charge < -0.3 is 10.1 Å². The maximum Gasteiger partial charge on any atom is 0.231 e. The van der Waals surface area contributed by atoms with Gasteiger partial charge >= 0.3 is 0 Å². The molecule has 1 atom stereocenters. The number of amides is 1. The van der Waals surface area contributed by atoms with E-state index in [1.807, 2.05) is 24.3 Å². The molecular weight excluding hydrogens is 337 g/mol. The molecule has 1 heterocycles. The van der Waals surface area contributed by atoms with Crippen LogP contribution < -0.4 is 10.1 Å². The van der Waals surface area contributed by atoms with Crippen molar-refractivity contribution in [3.8, 4) is 5.75 Å². The molecular formula is C16H13BrFNO2. The standard InChI is InChI=1S/C16H13BrFNO2/c17-11-5-6-14(18)10(7-11)8-19-16(20)13-9-21-15-4-2-1-3-12(13)15/h1-7,13H,8-9H2,(H,19,20). The molecule has 21 heavy (non-hydrogen) atoms. The van der Waals surface area contributed by atoms with Gasteiger partial charge in [-0.25, -0.2) is 4.39 Å². The topological polar surface area (TPSA) is 38.3 Å². The fourth-order valence-corrected chi connectivity index (χ4v) is 2.77. The third kappa shape index (κ3) is 2.93. The number of halogens is 2. The van der Waals surface area contributed by atoms with Gasteiger partial charge in [-0.1, -0.05) is 34.1 Å². The van der Waals surface area contributed by atoms with Gasteiger partial charge in [0.05, 0.1) is 0 Å². The van der Waals surface area contributed by atoms with Crippen LogP contribution in [0.5, 0.6) is 5.75 Å². The number of rotatable bonds is 3. The number of hydrogen-bond acceptors (Lipinski definition) is 2. The summed E-state index contributed by atoms with van der Waals surface area (Å²) >= 11 is 3.29. The van der Waals surface area contributed by atoms with E-state index in [0.717, 1.165) is 15.8 Å². The molecule has 0 bridgehead atoms. The number of nitrogens with one attached hydrogen (secondary N) is 1. The second-order valence-electron chi connectivity index (χ2n) is 4.85. The van der Waals surface area contributed by atoms with Crippen molar-refractivity contribution in [1.82, 2.24) is 5.32 Å². The average molecular weight is 350 g/mol. The van der Waals surface area contributed by atoms with Crippen molar-refractivity contribution < 1.29 is 13.9 Å². The lowest BCUT2D eigenvalue weighted by Crippen LogP contribution is -2.30. The van der Waals surface area contributed by atoms with E-state index in [4.69, 9.17) is 4.74 Å². The third-order valence-corrected chi connectivity index (χ3v) is 3.97. The molecule has 2 aromatic carbocycles. The maximum absolute atomic E-state index is 13.6. The van der Waals surface area contributed by atoms with Crippen molar-refractivity contribution in [2.24, 2.45) is 0 Å². The Hall–Kier alpha value is -1.88. The molecule has 1 amide bonds. The van der Waals surface area contributed by atoms with Gasteiger partial charge in [0.2, 0.25) is 5.91 Å². The summed E-state index contributed by atoms with van der Waals surface area (Å²) in [5, 5.41) is 2.77. The van der Waals surface area contributed by atoms with E-state index in [9.17, 15) is 9.18 Å². The Morgan fingerprint density at radius 1 is 1.33 bits per heavy atom. The number of carbonyl (C=O) groups excluding carboxylic acids is 1. The average Bonchev–Trinajstić information content (AvgIpc) is 2.92. The summed E-state index contributed by atoms with van der Waals surface area (Å²) in [5.74, 6) is -0.0800. The van der Waals surface area contributed by atoms with E-state index < -0.39 is 0 Å². The highest BCUT2D eigenvalue weighted by Gasteiger charge is 2.29. The monoisotopic (exact) mass is 349 g/mol. The lowest BCUT2D eigenvalue weighted by molar-refractivity contribution is -0.122. The first kappa shape index (κ1) is 14.1. The van der Waals surface area contributed by atoms with Crippen LogP contribution in [0.1, 0.15) is 17.0 Å². The highest BCUT2D eigenvalue weighted by molar-refractivity contribution is 9.10. The van der Waals surface area contributed by atoms with Gasteiger partial charge in [0.15, 0.2) is 0 Å². The summed E-state index contributed by atoms with van der Waals surface area (Å²) in [7, 11) is 0. The predicted octanol–water partition coefficient (Wildman–Crippen LogP) is 3.38. The van der Waals surface area contributed by atoms with Crippen LogP contribution in [0.2, 0.25) is 0 Å². The largest absolute Gasteiger partial charge is 0.492 e. The number of fused-ring (bicyclic) bond motifs is 1. The molecule has 1 aliphatic heterocycles. The molecule has 0 fully saturated rings. The molecule has 3 nitrogen and oxygen atoms in total. The van der Waals surface area contributed by atoms with Crippen LogP contribution in [0.3, 0.4) is 0 Å². The molecule has 108 valence electrons. The summed E-state index contributed by atoms with van der Waals surface area (Å²) in [6, 6.07) is 12.1. The first-order valence-corrected chi connectivity index (χ1v) is 7.38. The molecule has 0 aromatic heterocycles. The number of hydrogen-bond donors (Lipinski definition) is 1. The van der Waals surface area contributed by atoms with Gasteiger partial charge in [-0.15, -0.1) is 0 Å². The van der Waals surface area contributed by atoms with Gasteiger partial charge in [-0.3, -0.25) is 4.79 Å². The van der Waals surface area contributed by atoms with Crippen LogP contribution in [0.15, 0.2) is 46.9 Å². The van der Waals surface area contributed by atoms with Gasteiger partial charge in [0.1, 0.15) is 24.1 Å². The van der Waals surface area contributed by atoms with Crippen LogP contribution >= 0.6 is 15.9 Å². The lowest BCUT2D eigenvalue weighted by Gasteiger charge is -2.11. The lowest BCUT2D eigenvalue weighted by atomic mass is 10.0. The Balaban J connectivity index is 1.69. The third-order valence-electron chi connectivity index (χ3n) is 3.48. The summed E-state index contributed by atoms with van der Waals surface area (Å²) < 4.78 is 19.9. The minimum Gasteiger partial charge on any atom is -0.492 e. The van der Waals surface area contributed by atoms with Crippen molar-refractivity contribution in [2.75, 3.05) is 6.61 Å². The number of carbonyl (C=O) groups is 1. The van der Waals surface area contributed by atoms with Gasteiger partial charge in [0.25, 0.3) is 0 Å². The van der Waals surface area contributed by atoms with Gasteiger partial charge in [0, 0.05) is 22.1 Å². The molecule has 1 N–H and O–H groups in total. The van der Waals surface area contributed by atoms with E-state index in [0.29, 0.717) is 12.2 Å². The minimum atomic E-state index is -0.337. The van der Waals surface area contributed by atoms with Crippen LogP contribution in [0.4, 0.5) is 4.39 Å². The zero-order chi connectivity index (χ0) is 14.8. The Labute approximate surface area is 130 Å². The Kier molecular flexibility index (Phi) is 3.92. The Morgan fingerprint density at radius 2 is 2.14 bits per heavy atom. The highest BCUT2D eigenvalue weighted by Crippen LogP contribution is 2.33. The number of ether oxygens (including phenoxy) is 1. The van der Waals surface area contributed by atoms with E-state index in [1.54, 1.807) is 12.1 Å². The quantitative estimate of drug-likeness (QED) is 0.922. The second-order valence-corrected chi connectivity index (χ2v) is 5.77. The highest BCUT2D eigenvalue weighted by atomic mass is 79.9. The molecule has 2 aromatic rings. The maximum atomic E-state index is 13.6. The van der Waals surface area contributed by atoms with Crippen molar-refractivity contribution in [2.45, 2.75) is 12.5 Å². The van der Waals surface area contributed by atoms with Crippen LogP contribution in [-0.2, 0) is 11.3 Å². The van der Waals surface area contributed by atoms with E-state index in [1.165, 1.54) is 6.07 Å². The minimum absolute atomic E-state index is 0.153. The Bertz CT molecular complexity index is 690. The van der Waals surface area contributed by atoms with E-state index >= 15 is 0 Å². The molecule has 0 aliphatic carbocycles. The SMILES string of the molecule is O=C(NCc1cc(Br)ccc1F)C1COc2ccccc21. The van der Waals surface area contributed by atoms with Crippen molar-refractivity contribution in [1.29, 1.82) is 0 Å². The number of benzene rings is 2. The van der Waals surface area contributed by atoms with E-state index in [2.05, 4.69) is 21.2 Å². The van der Waals surface area contributed by atoms with Crippen LogP contribution in [0, 0.1) is 5.82 Å². The van der Waals surface area contributed by atoms with Gasteiger partial charge in [-0.2, -0.15) is 0 Å². The zero-order valence-corrected chi connectivity index (χ0v) is 12.7. The molecule has 5 heteroatoms. The fraction of sp³-hybridized carbons (Fsp3) is 0.188. The molecule has 1 aliphatic rings. The summed E-state index contributed by atoms with van der Waals surface area (Å²) in [6.07, 6.45) is 0. The van der Waals surface area contributed by atoms with Crippen LogP contribution in [0.25, 0.3) is 0 Å². The summed E-state index contributed by atoms with van der Waals surface area (Å²) in [6.45, 7) is 0.481. The predicted molar refractivity (Wildman–Crippen MR) is 80.6 cm³/mol. The first-order chi connectivity index (χ1) is 10.1. The van der Waals surface area contributed by atoms with E-state index in [-0.39, 0.29) is 24.2 Å². The molecule has 0 saturated heterocycles. The normalized spacial score (nSPS) is 16.2. The van der Waals surface area contributed by atoms with Crippen LogP contribution in [-0.4, -0.2) is 12.5 Å². The fourth-order valence-electron chi connectivity index (χ4n) is 2.36. The van der Waals surface area contributed by atoms with Crippen molar-refractivity contribution in [3.63, 3.8) is 0 Å².